The number of hydrogen-bond donors (Lipinski definition) is 2. The summed E-state index contributed by atoms with van der Waals surface area (Å²) in [6.07, 6.45) is 2.07. The van der Waals surface area contributed by atoms with Crippen molar-refractivity contribution >= 4 is 11.9 Å². The maximum atomic E-state index is 12.2. The molecule has 102 valence electrons. The first-order valence-corrected chi connectivity index (χ1v) is 6.35. The van der Waals surface area contributed by atoms with Crippen LogP contribution < -0.4 is 0 Å². The van der Waals surface area contributed by atoms with E-state index in [1.807, 2.05) is 0 Å². The Morgan fingerprint density at radius 3 is 2.63 bits per heavy atom. The summed E-state index contributed by atoms with van der Waals surface area (Å²) in [5.74, 6) is -0.834. The van der Waals surface area contributed by atoms with E-state index in [9.17, 15) is 14.7 Å². The molecule has 0 bridgehead atoms. The molecule has 1 amide bonds. The monoisotopic (exact) mass is 263 g/mol. The molecule has 0 aromatic heterocycles. The van der Waals surface area contributed by atoms with Crippen LogP contribution in [0.2, 0.25) is 0 Å². The number of nitrogens with zero attached hydrogens (tertiary/aromatic N) is 1. The third kappa shape index (κ3) is 3.98. The van der Waals surface area contributed by atoms with Crippen molar-refractivity contribution in [3.63, 3.8) is 0 Å². The molecule has 19 heavy (non-hydrogen) atoms. The molecule has 0 radical (unpaired) electrons. The molecule has 0 saturated heterocycles. The van der Waals surface area contributed by atoms with Gasteiger partial charge in [-0.25, -0.2) is 0 Å². The molecule has 0 spiro atoms. The highest BCUT2D eigenvalue weighted by Gasteiger charge is 2.32. The van der Waals surface area contributed by atoms with E-state index in [0.29, 0.717) is 0 Å². The molecule has 1 saturated carbocycles. The zero-order valence-electron chi connectivity index (χ0n) is 10.6. The standard InChI is InChI=1S/C14H17NO4/c16-12-3-1-2-10(8-12)9-13(17)15(11-4-5-11)7-6-14(18)19/h1-3,8,11,16H,4-7,9H2,(H,18,19). The Hall–Kier alpha value is -2.04. The molecule has 2 rings (SSSR count). The molecule has 1 aromatic carbocycles. The number of benzene rings is 1. The Balaban J connectivity index is 1.97. The molecule has 1 fully saturated rings. The quantitative estimate of drug-likeness (QED) is 0.813. The molecule has 1 aliphatic carbocycles. The van der Waals surface area contributed by atoms with E-state index < -0.39 is 5.97 Å². The van der Waals surface area contributed by atoms with Gasteiger partial charge in [0.15, 0.2) is 0 Å². The van der Waals surface area contributed by atoms with Crippen molar-refractivity contribution in [3.05, 3.63) is 29.8 Å². The van der Waals surface area contributed by atoms with Gasteiger partial charge < -0.3 is 15.1 Å². The van der Waals surface area contributed by atoms with Crippen LogP contribution in [0.4, 0.5) is 0 Å². The summed E-state index contributed by atoms with van der Waals surface area (Å²) in [4.78, 5) is 24.4. The minimum Gasteiger partial charge on any atom is -0.508 e. The zero-order chi connectivity index (χ0) is 13.8. The first kappa shape index (κ1) is 13.4. The molecular formula is C14H17NO4. The van der Waals surface area contributed by atoms with E-state index in [1.54, 1.807) is 29.2 Å². The molecular weight excluding hydrogens is 246 g/mol. The van der Waals surface area contributed by atoms with Gasteiger partial charge >= 0.3 is 5.97 Å². The van der Waals surface area contributed by atoms with Crippen LogP contribution in [0.1, 0.15) is 24.8 Å². The average molecular weight is 263 g/mol. The van der Waals surface area contributed by atoms with Crippen LogP contribution in [0, 0.1) is 0 Å². The Morgan fingerprint density at radius 1 is 1.32 bits per heavy atom. The van der Waals surface area contributed by atoms with Crippen molar-refractivity contribution < 1.29 is 19.8 Å². The van der Waals surface area contributed by atoms with Gasteiger partial charge in [0.2, 0.25) is 5.91 Å². The van der Waals surface area contributed by atoms with Crippen LogP contribution in [0.3, 0.4) is 0 Å². The van der Waals surface area contributed by atoms with Gasteiger partial charge in [0, 0.05) is 12.6 Å². The Bertz CT molecular complexity index is 482. The second-order valence-corrected chi connectivity index (χ2v) is 4.81. The van der Waals surface area contributed by atoms with E-state index in [-0.39, 0.29) is 37.1 Å². The molecule has 5 nitrogen and oxygen atoms in total. The number of carbonyl (C=O) groups is 2. The van der Waals surface area contributed by atoms with Crippen LogP contribution in [-0.2, 0) is 16.0 Å². The summed E-state index contributed by atoms with van der Waals surface area (Å²) in [6, 6.07) is 6.78. The van der Waals surface area contributed by atoms with Gasteiger partial charge in [0.05, 0.1) is 12.8 Å². The number of rotatable bonds is 6. The summed E-state index contributed by atoms with van der Waals surface area (Å²) in [7, 11) is 0. The van der Waals surface area contributed by atoms with Gasteiger partial charge in [-0.3, -0.25) is 9.59 Å². The summed E-state index contributed by atoms with van der Waals surface area (Å²) >= 11 is 0. The van der Waals surface area contributed by atoms with Crippen LogP contribution in [-0.4, -0.2) is 39.6 Å². The summed E-state index contributed by atoms with van der Waals surface area (Å²) in [5.41, 5.74) is 0.742. The Kier molecular flexibility index (Phi) is 4.04. The number of phenolic OH excluding ortho intramolecular Hbond substituents is 1. The van der Waals surface area contributed by atoms with Gasteiger partial charge in [0.25, 0.3) is 0 Å². The van der Waals surface area contributed by atoms with E-state index in [1.165, 1.54) is 0 Å². The number of aliphatic carboxylic acids is 1. The van der Waals surface area contributed by atoms with Crippen molar-refractivity contribution in [1.29, 1.82) is 0 Å². The van der Waals surface area contributed by atoms with Gasteiger partial charge in [-0.2, -0.15) is 0 Å². The molecule has 1 aliphatic rings. The normalized spacial score (nSPS) is 14.1. The molecule has 0 heterocycles. The minimum atomic E-state index is -0.893. The number of carboxylic acids is 1. The first-order valence-electron chi connectivity index (χ1n) is 6.35. The van der Waals surface area contributed by atoms with Crippen molar-refractivity contribution in [2.45, 2.75) is 31.7 Å². The summed E-state index contributed by atoms with van der Waals surface area (Å²) in [5, 5.41) is 18.1. The zero-order valence-corrected chi connectivity index (χ0v) is 10.6. The lowest BCUT2D eigenvalue weighted by Gasteiger charge is -2.21. The lowest BCUT2D eigenvalue weighted by Crippen LogP contribution is -2.36. The van der Waals surface area contributed by atoms with Gasteiger partial charge in [-0.1, -0.05) is 12.1 Å². The van der Waals surface area contributed by atoms with E-state index in [0.717, 1.165) is 18.4 Å². The van der Waals surface area contributed by atoms with Crippen LogP contribution in [0.25, 0.3) is 0 Å². The molecule has 2 N–H and O–H groups in total. The number of hydrogen-bond acceptors (Lipinski definition) is 3. The van der Waals surface area contributed by atoms with Crippen LogP contribution >= 0.6 is 0 Å². The highest BCUT2D eigenvalue weighted by molar-refractivity contribution is 5.80. The van der Waals surface area contributed by atoms with Gasteiger partial charge in [-0.15, -0.1) is 0 Å². The largest absolute Gasteiger partial charge is 0.508 e. The lowest BCUT2D eigenvalue weighted by molar-refractivity contribution is -0.138. The van der Waals surface area contributed by atoms with Crippen molar-refractivity contribution in [2.75, 3.05) is 6.54 Å². The topological polar surface area (TPSA) is 77.8 Å². The highest BCUT2D eigenvalue weighted by atomic mass is 16.4. The Morgan fingerprint density at radius 2 is 2.05 bits per heavy atom. The van der Waals surface area contributed by atoms with E-state index >= 15 is 0 Å². The average Bonchev–Trinajstić information content (AvgIpc) is 3.13. The van der Waals surface area contributed by atoms with Gasteiger partial charge in [-0.05, 0) is 30.5 Å². The fourth-order valence-corrected chi connectivity index (χ4v) is 2.06. The Labute approximate surface area is 111 Å². The second-order valence-electron chi connectivity index (χ2n) is 4.81. The highest BCUT2D eigenvalue weighted by Crippen LogP contribution is 2.27. The third-order valence-corrected chi connectivity index (χ3v) is 3.14. The third-order valence-electron chi connectivity index (χ3n) is 3.14. The molecule has 5 heteroatoms. The predicted octanol–water partition coefficient (Wildman–Crippen LogP) is 1.40. The first-order chi connectivity index (χ1) is 9.06. The lowest BCUT2D eigenvalue weighted by atomic mass is 10.1. The van der Waals surface area contributed by atoms with Gasteiger partial charge in [0.1, 0.15) is 5.75 Å². The molecule has 0 unspecified atom stereocenters. The van der Waals surface area contributed by atoms with Crippen molar-refractivity contribution in [1.82, 2.24) is 4.90 Å². The smallest absolute Gasteiger partial charge is 0.305 e. The fourth-order valence-electron chi connectivity index (χ4n) is 2.06. The van der Waals surface area contributed by atoms with Crippen molar-refractivity contribution in [3.8, 4) is 5.75 Å². The van der Waals surface area contributed by atoms with Crippen molar-refractivity contribution in [2.24, 2.45) is 0 Å². The molecule has 0 aliphatic heterocycles. The minimum absolute atomic E-state index is 0.0255. The number of carboxylic acid groups (broad SMARTS) is 1. The maximum absolute atomic E-state index is 12.2. The molecule has 0 atom stereocenters. The summed E-state index contributed by atoms with van der Waals surface area (Å²) in [6.45, 7) is 0.262. The number of aromatic hydroxyl groups is 1. The van der Waals surface area contributed by atoms with E-state index in [2.05, 4.69) is 0 Å². The number of carbonyl (C=O) groups excluding carboxylic acids is 1. The van der Waals surface area contributed by atoms with Crippen LogP contribution in [0.15, 0.2) is 24.3 Å². The predicted molar refractivity (Wildman–Crippen MR) is 68.8 cm³/mol. The number of phenols is 1. The van der Waals surface area contributed by atoms with Crippen LogP contribution in [0.5, 0.6) is 5.75 Å². The van der Waals surface area contributed by atoms with E-state index in [4.69, 9.17) is 5.11 Å². The maximum Gasteiger partial charge on any atom is 0.305 e. The SMILES string of the molecule is O=C(O)CCN(C(=O)Cc1cccc(O)c1)C1CC1. The molecule has 1 aromatic rings. The second kappa shape index (κ2) is 5.73. The fraction of sp³-hybridized carbons (Fsp3) is 0.429. The summed E-state index contributed by atoms with van der Waals surface area (Å²) < 4.78 is 0. The number of amides is 1.